The minimum Gasteiger partial charge on any atom is -1.00 e. The van der Waals surface area contributed by atoms with Gasteiger partial charge in [0.05, 0.1) is 11.1 Å². The van der Waals surface area contributed by atoms with E-state index in [9.17, 15) is 0 Å². The molecule has 0 radical (unpaired) electrons. The van der Waals surface area contributed by atoms with Gasteiger partial charge in [0.2, 0.25) is 6.33 Å². The van der Waals surface area contributed by atoms with Crippen LogP contribution in [0.15, 0.2) is 55.4 Å². The Kier molecular flexibility index (Phi) is 4.62. The molecule has 3 aromatic heterocycles. The maximum Gasteiger partial charge on any atom is 0.266 e. The molecule has 0 aromatic carbocycles. The highest BCUT2D eigenvalue weighted by molar-refractivity contribution is 5.32. The van der Waals surface area contributed by atoms with Gasteiger partial charge < -0.3 is 17.0 Å². The van der Waals surface area contributed by atoms with Crippen LogP contribution in [-0.4, -0.2) is 14.5 Å². The highest BCUT2D eigenvalue weighted by atomic mass is 79.9. The summed E-state index contributed by atoms with van der Waals surface area (Å²) in [5.74, 6) is 1.42. The van der Waals surface area contributed by atoms with E-state index in [0.29, 0.717) is 22.8 Å². The summed E-state index contributed by atoms with van der Waals surface area (Å²) in [6.07, 6.45) is 8.56. The second-order valence-electron chi connectivity index (χ2n) is 4.26. The van der Waals surface area contributed by atoms with Gasteiger partial charge in [-0.05, 0) is 18.2 Å². The van der Waals surface area contributed by atoms with Crippen molar-refractivity contribution < 1.29 is 21.5 Å². The first kappa shape index (κ1) is 15.4. The van der Waals surface area contributed by atoms with E-state index in [4.69, 9.17) is 10.5 Å². The topological polar surface area (TPSA) is 82.2 Å². The van der Waals surface area contributed by atoms with E-state index < -0.39 is 0 Å². The van der Waals surface area contributed by atoms with Crippen molar-refractivity contribution in [3.05, 3.63) is 66.5 Å². The van der Waals surface area contributed by atoms with Crippen molar-refractivity contribution in [1.29, 1.82) is 10.5 Å². The number of imidazole rings is 1. The van der Waals surface area contributed by atoms with Crippen LogP contribution in [0.25, 0.3) is 11.6 Å². The third-order valence-electron chi connectivity index (χ3n) is 2.92. The molecule has 0 atom stereocenters. The summed E-state index contributed by atoms with van der Waals surface area (Å²) in [5.41, 5.74) is 1.04. The van der Waals surface area contributed by atoms with Crippen LogP contribution < -0.4 is 21.5 Å². The Morgan fingerprint density at radius 3 is 2.18 bits per heavy atom. The number of halogens is 1. The second-order valence-corrected chi connectivity index (χ2v) is 4.26. The maximum atomic E-state index is 8.76. The third-order valence-corrected chi connectivity index (χ3v) is 2.92. The second kappa shape index (κ2) is 6.61. The van der Waals surface area contributed by atoms with Crippen molar-refractivity contribution in [3.8, 4) is 23.8 Å². The van der Waals surface area contributed by atoms with E-state index >= 15 is 0 Å². The van der Waals surface area contributed by atoms with Crippen molar-refractivity contribution >= 4 is 0 Å². The summed E-state index contributed by atoms with van der Waals surface area (Å²) in [5, 5.41) is 17.5. The van der Waals surface area contributed by atoms with Crippen LogP contribution >= 0.6 is 0 Å². The van der Waals surface area contributed by atoms with E-state index in [1.807, 2.05) is 40.0 Å². The van der Waals surface area contributed by atoms with E-state index in [1.54, 1.807) is 24.3 Å². The summed E-state index contributed by atoms with van der Waals surface area (Å²) >= 11 is 0. The molecule has 0 saturated heterocycles. The molecule has 3 aromatic rings. The van der Waals surface area contributed by atoms with Gasteiger partial charge in [-0.25, -0.2) is 14.1 Å². The fourth-order valence-corrected chi connectivity index (χ4v) is 1.84. The Hall–Kier alpha value is -3.03. The normalized spacial score (nSPS) is 9.36. The number of pyridine rings is 2. The van der Waals surface area contributed by atoms with E-state index in [-0.39, 0.29) is 17.0 Å². The fraction of sp³-hybridized carbons (Fsp3) is 0. The fourth-order valence-electron chi connectivity index (χ4n) is 1.84. The average Bonchev–Trinajstić information content (AvgIpc) is 3.05. The molecule has 0 N–H and O–H groups in total. The monoisotopic (exact) mass is 352 g/mol. The molecule has 0 amide bonds. The smallest absolute Gasteiger partial charge is 0.266 e. The molecule has 0 spiro atoms. The van der Waals surface area contributed by atoms with Crippen LogP contribution in [0.2, 0.25) is 0 Å². The Balaban J connectivity index is 0.00000176. The lowest BCUT2D eigenvalue weighted by atomic mass is 10.3. The quantitative estimate of drug-likeness (QED) is 0.514. The molecule has 0 saturated carbocycles. The number of nitrogens with zero attached hydrogens (tertiary/aromatic N) is 6. The van der Waals surface area contributed by atoms with Gasteiger partial charge in [-0.2, -0.15) is 10.5 Å². The molecule has 6 nitrogen and oxygen atoms in total. The van der Waals surface area contributed by atoms with Gasteiger partial charge in [-0.15, -0.1) is 4.98 Å². The molecular formula is C15H9BrN6. The molecule has 0 aliphatic carbocycles. The molecule has 0 unspecified atom stereocenters. The van der Waals surface area contributed by atoms with Gasteiger partial charge in [-0.1, -0.05) is 0 Å². The number of hydrogen-bond acceptors (Lipinski definition) is 4. The Morgan fingerprint density at radius 2 is 1.64 bits per heavy atom. The first-order chi connectivity index (χ1) is 10.3. The highest BCUT2D eigenvalue weighted by Gasteiger charge is 2.09. The van der Waals surface area contributed by atoms with Gasteiger partial charge in [0.1, 0.15) is 30.7 Å². The lowest BCUT2D eigenvalue weighted by Crippen LogP contribution is -3.00. The van der Waals surface area contributed by atoms with E-state index in [0.717, 1.165) is 0 Å². The Bertz CT molecular complexity index is 781. The standard InChI is InChI=1S/C15H9N6.BrH/c16-7-12-1-3-14(18-9-12)20-5-6-21(11-20)15-4-2-13(8-17)10-19-15;/h1-6,9-11H;1H/q+1;/p-1. The minimum atomic E-state index is 0. The van der Waals surface area contributed by atoms with Crippen LogP contribution in [0.3, 0.4) is 0 Å². The van der Waals surface area contributed by atoms with Gasteiger partial charge in [0, 0.05) is 12.3 Å². The molecule has 0 aliphatic rings. The van der Waals surface area contributed by atoms with Crippen molar-refractivity contribution in [1.82, 2.24) is 14.5 Å². The zero-order valence-corrected chi connectivity index (χ0v) is 12.8. The molecule has 3 rings (SSSR count). The van der Waals surface area contributed by atoms with Crippen molar-refractivity contribution in [2.45, 2.75) is 0 Å². The first-order valence-electron chi connectivity index (χ1n) is 6.12. The lowest BCUT2D eigenvalue weighted by molar-refractivity contribution is -0.598. The lowest BCUT2D eigenvalue weighted by Gasteiger charge is -1.96. The Morgan fingerprint density at radius 1 is 0.955 bits per heavy atom. The van der Waals surface area contributed by atoms with E-state index in [1.165, 1.54) is 12.4 Å². The Labute approximate surface area is 137 Å². The van der Waals surface area contributed by atoms with Crippen LogP contribution in [-0.2, 0) is 0 Å². The molecule has 0 bridgehead atoms. The van der Waals surface area contributed by atoms with Gasteiger partial charge in [-0.3, -0.25) is 0 Å². The summed E-state index contributed by atoms with van der Waals surface area (Å²) in [6, 6.07) is 11.0. The molecule has 0 aliphatic heterocycles. The number of aromatic nitrogens is 4. The predicted molar refractivity (Wildman–Crippen MR) is 72.3 cm³/mol. The third kappa shape index (κ3) is 3.00. The van der Waals surface area contributed by atoms with Crippen molar-refractivity contribution in [2.75, 3.05) is 0 Å². The molecule has 106 valence electrons. The molecule has 22 heavy (non-hydrogen) atoms. The summed E-state index contributed by atoms with van der Waals surface area (Å²) in [4.78, 5) is 8.44. The number of nitriles is 2. The summed E-state index contributed by atoms with van der Waals surface area (Å²) in [7, 11) is 0. The molecule has 0 fully saturated rings. The zero-order valence-electron chi connectivity index (χ0n) is 11.3. The molecule has 3 heterocycles. The van der Waals surface area contributed by atoms with Gasteiger partial charge >= 0.3 is 0 Å². The van der Waals surface area contributed by atoms with Crippen molar-refractivity contribution in [3.63, 3.8) is 0 Å². The van der Waals surface area contributed by atoms with E-state index in [2.05, 4.69) is 9.97 Å². The largest absolute Gasteiger partial charge is 1.00 e. The van der Waals surface area contributed by atoms with Gasteiger partial charge in [0.15, 0.2) is 5.82 Å². The predicted octanol–water partition coefficient (Wildman–Crippen LogP) is -1.71. The number of hydrogen-bond donors (Lipinski definition) is 0. The van der Waals surface area contributed by atoms with Crippen LogP contribution in [0.5, 0.6) is 0 Å². The SMILES string of the molecule is N#Cc1ccc(-n2cc[n+](-c3ccc(C#N)cn3)c2)nc1.[Br-]. The number of rotatable bonds is 2. The average molecular weight is 353 g/mol. The van der Waals surface area contributed by atoms with Crippen LogP contribution in [0.4, 0.5) is 0 Å². The first-order valence-corrected chi connectivity index (χ1v) is 6.12. The summed E-state index contributed by atoms with van der Waals surface area (Å²) in [6.45, 7) is 0. The highest BCUT2D eigenvalue weighted by Crippen LogP contribution is 2.05. The molecule has 7 heteroatoms. The van der Waals surface area contributed by atoms with Crippen LogP contribution in [0, 0.1) is 22.7 Å². The summed E-state index contributed by atoms with van der Waals surface area (Å²) < 4.78 is 3.64. The molecular weight excluding hydrogens is 344 g/mol. The van der Waals surface area contributed by atoms with Crippen molar-refractivity contribution in [2.24, 2.45) is 0 Å². The minimum absolute atomic E-state index is 0. The van der Waals surface area contributed by atoms with Crippen LogP contribution in [0.1, 0.15) is 11.1 Å². The maximum absolute atomic E-state index is 8.76. The zero-order chi connectivity index (χ0) is 14.7. The van der Waals surface area contributed by atoms with Gasteiger partial charge in [0.25, 0.3) is 5.82 Å².